The van der Waals surface area contributed by atoms with Gasteiger partial charge in [-0.1, -0.05) is 17.2 Å². The number of esters is 1. The number of aromatic nitrogens is 2. The number of anilines is 1. The number of rotatable bonds is 6. The Labute approximate surface area is 177 Å². The average Bonchev–Trinajstić information content (AvgIpc) is 3.27. The number of amides is 1. The summed E-state index contributed by atoms with van der Waals surface area (Å²) in [6, 6.07) is 3.03. The SMILES string of the molecule is NCCSc1nonc1C1(OC(=O)C(F)(F)F)NOC(=O)N1c1ccc(F)c(Br)c1. The van der Waals surface area contributed by atoms with Crippen molar-refractivity contribution in [1.82, 2.24) is 15.8 Å². The van der Waals surface area contributed by atoms with Crippen molar-refractivity contribution in [3.05, 3.63) is 34.2 Å². The highest BCUT2D eigenvalue weighted by Gasteiger charge is 2.60. The van der Waals surface area contributed by atoms with Gasteiger partial charge in [0.15, 0.2) is 5.03 Å². The summed E-state index contributed by atoms with van der Waals surface area (Å²) in [5, 5.41) is 6.91. The molecule has 1 aromatic heterocycles. The lowest BCUT2D eigenvalue weighted by atomic mass is 10.2. The lowest BCUT2D eigenvalue weighted by Crippen LogP contribution is -2.55. The molecule has 1 aliphatic heterocycles. The standard InChI is InChI=1S/C14H10BrF4N5O5S/c15-7-5-6(1-2-8(7)16)24-12(26)28-23-14(24,27-11(25)13(17,18)19)9-10(22-29-21-9)30-4-3-20/h1-2,5,23H,3-4,20H2. The fraction of sp³-hybridized carbons (Fsp3) is 0.286. The van der Waals surface area contributed by atoms with E-state index >= 15 is 0 Å². The number of carbonyl (C=O) groups is 2. The van der Waals surface area contributed by atoms with Crippen LogP contribution in [0.15, 0.2) is 32.3 Å². The molecule has 0 radical (unpaired) electrons. The number of hydrogen-bond donors (Lipinski definition) is 2. The zero-order valence-electron chi connectivity index (χ0n) is 14.4. The summed E-state index contributed by atoms with van der Waals surface area (Å²) < 4.78 is 61.6. The second kappa shape index (κ2) is 8.37. The smallest absolute Gasteiger partial charge is 0.408 e. The maximum Gasteiger partial charge on any atom is 0.491 e. The van der Waals surface area contributed by atoms with Crippen LogP contribution in [0.2, 0.25) is 0 Å². The molecule has 1 aromatic carbocycles. The van der Waals surface area contributed by atoms with Gasteiger partial charge in [0.1, 0.15) is 5.82 Å². The fourth-order valence-electron chi connectivity index (χ4n) is 2.34. The van der Waals surface area contributed by atoms with Crippen LogP contribution in [-0.4, -0.2) is 40.8 Å². The summed E-state index contributed by atoms with van der Waals surface area (Å²) in [6.45, 7) is 0.157. The normalized spacial score (nSPS) is 19.1. The second-order valence-electron chi connectivity index (χ2n) is 5.49. The van der Waals surface area contributed by atoms with E-state index in [2.05, 4.69) is 40.4 Å². The Morgan fingerprint density at radius 1 is 1.40 bits per heavy atom. The number of hydrogen-bond acceptors (Lipinski definition) is 10. The number of benzene rings is 1. The molecule has 10 nitrogen and oxygen atoms in total. The van der Waals surface area contributed by atoms with Gasteiger partial charge in [-0.15, -0.1) is 0 Å². The fourth-order valence-corrected chi connectivity index (χ4v) is 3.42. The predicted molar refractivity (Wildman–Crippen MR) is 94.1 cm³/mol. The first-order valence-electron chi connectivity index (χ1n) is 7.79. The van der Waals surface area contributed by atoms with Crippen molar-refractivity contribution in [2.45, 2.75) is 17.1 Å². The van der Waals surface area contributed by atoms with Crippen molar-refractivity contribution in [2.24, 2.45) is 5.73 Å². The van der Waals surface area contributed by atoms with Crippen molar-refractivity contribution in [1.29, 1.82) is 0 Å². The Morgan fingerprint density at radius 3 is 2.77 bits per heavy atom. The summed E-state index contributed by atoms with van der Waals surface area (Å²) in [6.07, 6.45) is -6.71. The zero-order valence-corrected chi connectivity index (χ0v) is 16.8. The van der Waals surface area contributed by atoms with Gasteiger partial charge < -0.3 is 15.3 Å². The summed E-state index contributed by atoms with van der Waals surface area (Å²) in [7, 11) is 0. The predicted octanol–water partition coefficient (Wildman–Crippen LogP) is 2.40. The van der Waals surface area contributed by atoms with E-state index in [0.717, 1.165) is 30.0 Å². The molecule has 0 spiro atoms. The van der Waals surface area contributed by atoms with Gasteiger partial charge in [0, 0.05) is 12.3 Å². The van der Waals surface area contributed by atoms with Crippen molar-refractivity contribution >= 4 is 45.4 Å². The van der Waals surface area contributed by atoms with Crippen LogP contribution in [0.5, 0.6) is 0 Å². The van der Waals surface area contributed by atoms with Crippen LogP contribution in [0.3, 0.4) is 0 Å². The van der Waals surface area contributed by atoms with Crippen LogP contribution in [0, 0.1) is 5.82 Å². The molecule has 1 fully saturated rings. The van der Waals surface area contributed by atoms with Crippen LogP contribution >= 0.6 is 27.7 Å². The molecule has 3 N–H and O–H groups in total. The first-order chi connectivity index (χ1) is 14.1. The Morgan fingerprint density at radius 2 is 2.13 bits per heavy atom. The molecule has 162 valence electrons. The van der Waals surface area contributed by atoms with Gasteiger partial charge in [0.2, 0.25) is 5.69 Å². The van der Waals surface area contributed by atoms with Gasteiger partial charge in [-0.05, 0) is 44.4 Å². The van der Waals surface area contributed by atoms with Crippen LogP contribution in [0.25, 0.3) is 0 Å². The lowest BCUT2D eigenvalue weighted by molar-refractivity contribution is -0.222. The second-order valence-corrected chi connectivity index (χ2v) is 7.43. The minimum Gasteiger partial charge on any atom is -0.408 e. The minimum atomic E-state index is -5.43. The highest BCUT2D eigenvalue weighted by Crippen LogP contribution is 2.41. The molecule has 30 heavy (non-hydrogen) atoms. The van der Waals surface area contributed by atoms with Crippen molar-refractivity contribution < 1.29 is 41.4 Å². The van der Waals surface area contributed by atoms with E-state index < -0.39 is 35.6 Å². The third kappa shape index (κ3) is 4.07. The first-order valence-corrected chi connectivity index (χ1v) is 9.57. The van der Waals surface area contributed by atoms with Gasteiger partial charge in [-0.25, -0.2) is 23.5 Å². The van der Waals surface area contributed by atoms with Crippen LogP contribution in [0.4, 0.5) is 28.0 Å². The minimum absolute atomic E-state index is 0.132. The van der Waals surface area contributed by atoms with E-state index in [1.165, 1.54) is 0 Å². The molecular formula is C14H10BrF4N5O5S. The number of nitrogens with one attached hydrogen (secondary N) is 1. The topological polar surface area (TPSA) is 133 Å². The van der Waals surface area contributed by atoms with Crippen molar-refractivity contribution in [2.75, 3.05) is 17.2 Å². The Balaban J connectivity index is 2.17. The molecule has 2 heterocycles. The summed E-state index contributed by atoms with van der Waals surface area (Å²) in [5.74, 6) is -5.92. The molecule has 3 rings (SSSR count). The molecule has 0 bridgehead atoms. The molecule has 1 amide bonds. The van der Waals surface area contributed by atoms with Gasteiger partial charge in [-0.3, -0.25) is 0 Å². The molecule has 1 saturated heterocycles. The number of halogens is 5. The Kier molecular flexibility index (Phi) is 6.21. The van der Waals surface area contributed by atoms with Crippen molar-refractivity contribution in [3.8, 4) is 0 Å². The zero-order chi connectivity index (χ0) is 22.1. The largest absolute Gasteiger partial charge is 0.491 e. The molecule has 1 atom stereocenters. The summed E-state index contributed by atoms with van der Waals surface area (Å²) in [5.41, 5.74) is 6.63. The molecule has 0 saturated carbocycles. The van der Waals surface area contributed by atoms with E-state index in [4.69, 9.17) is 5.73 Å². The summed E-state index contributed by atoms with van der Waals surface area (Å²) in [4.78, 5) is 29.2. The number of nitrogens with two attached hydrogens (primary N) is 1. The molecule has 2 aromatic rings. The highest BCUT2D eigenvalue weighted by atomic mass is 79.9. The van der Waals surface area contributed by atoms with E-state index in [-0.39, 0.29) is 27.5 Å². The average molecular weight is 516 g/mol. The summed E-state index contributed by atoms with van der Waals surface area (Å²) >= 11 is 3.81. The molecular weight excluding hydrogens is 506 g/mol. The molecule has 0 aliphatic carbocycles. The maximum absolute atomic E-state index is 13.6. The van der Waals surface area contributed by atoms with E-state index in [1.54, 1.807) is 0 Å². The Hall–Kier alpha value is -2.43. The molecule has 1 aliphatic rings. The first kappa shape index (κ1) is 22.3. The number of ether oxygens (including phenoxy) is 1. The van der Waals surface area contributed by atoms with E-state index in [1.807, 2.05) is 5.48 Å². The van der Waals surface area contributed by atoms with Crippen LogP contribution < -0.4 is 16.1 Å². The lowest BCUT2D eigenvalue weighted by Gasteiger charge is -2.32. The Bertz CT molecular complexity index is 976. The van der Waals surface area contributed by atoms with Gasteiger partial charge in [-0.2, -0.15) is 13.2 Å². The van der Waals surface area contributed by atoms with Gasteiger partial charge >= 0.3 is 24.1 Å². The van der Waals surface area contributed by atoms with Gasteiger partial charge in [0.05, 0.1) is 10.2 Å². The number of nitrogens with zero attached hydrogens (tertiary/aromatic N) is 3. The van der Waals surface area contributed by atoms with Crippen LogP contribution in [0.1, 0.15) is 5.69 Å². The number of alkyl halides is 3. The van der Waals surface area contributed by atoms with Crippen molar-refractivity contribution in [3.63, 3.8) is 0 Å². The molecule has 16 heteroatoms. The number of thioether (sulfide) groups is 1. The van der Waals surface area contributed by atoms with E-state index in [9.17, 15) is 27.2 Å². The quantitative estimate of drug-likeness (QED) is 0.335. The molecule has 1 unspecified atom stereocenters. The van der Waals surface area contributed by atoms with Crippen LogP contribution in [-0.2, 0) is 20.2 Å². The third-order valence-electron chi connectivity index (χ3n) is 3.54. The number of carbonyl (C=O) groups excluding carboxylic acids is 2. The maximum atomic E-state index is 13.6. The third-order valence-corrected chi connectivity index (χ3v) is 5.13. The highest BCUT2D eigenvalue weighted by molar-refractivity contribution is 9.10. The number of hydroxylamine groups is 1. The monoisotopic (exact) mass is 515 g/mol. The van der Waals surface area contributed by atoms with E-state index in [0.29, 0.717) is 4.90 Å². The van der Waals surface area contributed by atoms with Gasteiger partial charge in [0.25, 0.3) is 0 Å².